The van der Waals surface area contributed by atoms with Crippen molar-refractivity contribution >= 4 is 0 Å². The third-order valence-electron chi connectivity index (χ3n) is 2.36. The number of likely N-dealkylation sites (N-methyl/N-ethyl adjacent to an activating group) is 1. The van der Waals surface area contributed by atoms with Gasteiger partial charge in [-0.1, -0.05) is 0 Å². The van der Waals surface area contributed by atoms with E-state index < -0.39 is 0 Å². The third kappa shape index (κ3) is 6.05. The molecular formula is C11H27N2+. The van der Waals surface area contributed by atoms with E-state index in [4.69, 9.17) is 0 Å². The highest BCUT2D eigenvalue weighted by atomic mass is 15.3. The lowest BCUT2D eigenvalue weighted by Gasteiger charge is -2.33. The summed E-state index contributed by atoms with van der Waals surface area (Å²) in [4.78, 5) is 2.55. The molecule has 0 aliphatic carbocycles. The van der Waals surface area contributed by atoms with Crippen LogP contribution in [-0.4, -0.2) is 55.7 Å². The van der Waals surface area contributed by atoms with Crippen molar-refractivity contribution in [3.63, 3.8) is 0 Å². The highest BCUT2D eigenvalue weighted by molar-refractivity contribution is 4.66. The van der Waals surface area contributed by atoms with Crippen LogP contribution in [0.2, 0.25) is 0 Å². The van der Waals surface area contributed by atoms with E-state index in [1.54, 1.807) is 0 Å². The Morgan fingerprint density at radius 3 is 1.54 bits per heavy atom. The molecule has 0 rings (SSSR count). The van der Waals surface area contributed by atoms with E-state index >= 15 is 0 Å². The molecule has 0 heterocycles. The normalized spacial score (nSPS) is 13.4. The molecule has 0 bridgehead atoms. The molecule has 2 nitrogen and oxygen atoms in total. The van der Waals surface area contributed by atoms with Crippen LogP contribution in [0.25, 0.3) is 0 Å². The maximum Gasteiger partial charge on any atom is 0.0909 e. The summed E-state index contributed by atoms with van der Waals surface area (Å²) in [6.45, 7) is 11.5. The van der Waals surface area contributed by atoms with Gasteiger partial charge in [-0.15, -0.1) is 0 Å². The summed E-state index contributed by atoms with van der Waals surface area (Å²) >= 11 is 0. The van der Waals surface area contributed by atoms with Crippen LogP contribution in [0.3, 0.4) is 0 Å². The van der Waals surface area contributed by atoms with E-state index in [2.05, 4.69) is 53.7 Å². The zero-order valence-corrected chi connectivity index (χ0v) is 10.5. The van der Waals surface area contributed by atoms with Crippen LogP contribution < -0.4 is 0 Å². The van der Waals surface area contributed by atoms with Crippen LogP contribution in [-0.2, 0) is 0 Å². The zero-order chi connectivity index (χ0) is 10.6. The van der Waals surface area contributed by atoms with E-state index in [9.17, 15) is 0 Å². The van der Waals surface area contributed by atoms with Gasteiger partial charge in [0.15, 0.2) is 0 Å². The lowest BCUT2D eigenvalue weighted by atomic mass is 10.2. The molecule has 0 fully saturated rings. The van der Waals surface area contributed by atoms with Gasteiger partial charge in [-0.25, -0.2) is 0 Å². The maximum absolute atomic E-state index is 2.55. The molecule has 0 saturated heterocycles. The molecule has 0 amide bonds. The fourth-order valence-electron chi connectivity index (χ4n) is 1.53. The van der Waals surface area contributed by atoms with Crippen LogP contribution in [0, 0.1) is 0 Å². The maximum atomic E-state index is 2.55. The fraction of sp³-hybridized carbons (Fsp3) is 1.00. The SMILES string of the molecule is CC(C)N(CC[N+](C)(C)C)C(C)C. The lowest BCUT2D eigenvalue weighted by molar-refractivity contribution is -0.869. The average molecular weight is 187 g/mol. The van der Waals surface area contributed by atoms with Crippen LogP contribution in [0.1, 0.15) is 27.7 Å². The van der Waals surface area contributed by atoms with Crippen LogP contribution in [0.15, 0.2) is 0 Å². The smallest absolute Gasteiger partial charge is 0.0909 e. The molecule has 0 unspecified atom stereocenters. The first kappa shape index (κ1) is 12.9. The Morgan fingerprint density at radius 1 is 0.923 bits per heavy atom. The lowest BCUT2D eigenvalue weighted by Crippen LogP contribution is -2.46. The second-order valence-electron chi connectivity index (χ2n) is 5.44. The number of nitrogens with zero attached hydrogens (tertiary/aromatic N) is 2. The van der Waals surface area contributed by atoms with Gasteiger partial charge in [0.05, 0.1) is 27.7 Å². The van der Waals surface area contributed by atoms with Gasteiger partial charge in [0.2, 0.25) is 0 Å². The summed E-state index contributed by atoms with van der Waals surface area (Å²) in [5, 5.41) is 0. The summed E-state index contributed by atoms with van der Waals surface area (Å²) in [5.74, 6) is 0. The van der Waals surface area contributed by atoms with Gasteiger partial charge in [-0.3, -0.25) is 4.90 Å². The predicted molar refractivity (Wildman–Crippen MR) is 59.9 cm³/mol. The average Bonchev–Trinajstić information content (AvgIpc) is 1.82. The third-order valence-corrected chi connectivity index (χ3v) is 2.36. The van der Waals surface area contributed by atoms with Crippen molar-refractivity contribution in [3.05, 3.63) is 0 Å². The van der Waals surface area contributed by atoms with Crippen LogP contribution in [0.4, 0.5) is 0 Å². The minimum Gasteiger partial charge on any atom is -0.330 e. The molecule has 0 atom stereocenters. The van der Waals surface area contributed by atoms with Crippen LogP contribution >= 0.6 is 0 Å². The largest absolute Gasteiger partial charge is 0.330 e. The van der Waals surface area contributed by atoms with Gasteiger partial charge < -0.3 is 4.48 Å². The molecule has 0 spiro atoms. The number of hydrogen-bond acceptors (Lipinski definition) is 1. The van der Waals surface area contributed by atoms with E-state index in [1.165, 1.54) is 13.1 Å². The van der Waals surface area contributed by atoms with Gasteiger partial charge in [-0.2, -0.15) is 0 Å². The summed E-state index contributed by atoms with van der Waals surface area (Å²) in [6, 6.07) is 1.32. The molecule has 0 aromatic rings. The van der Waals surface area contributed by atoms with E-state index in [-0.39, 0.29) is 0 Å². The topological polar surface area (TPSA) is 3.24 Å². The van der Waals surface area contributed by atoms with Crippen molar-refractivity contribution < 1.29 is 4.48 Å². The molecule has 0 radical (unpaired) electrons. The summed E-state index contributed by atoms with van der Waals surface area (Å²) < 4.78 is 1.05. The number of quaternary nitrogens is 1. The first-order chi connectivity index (χ1) is 5.74. The van der Waals surface area contributed by atoms with Crippen LogP contribution in [0.5, 0.6) is 0 Å². The van der Waals surface area contributed by atoms with Crippen molar-refractivity contribution in [3.8, 4) is 0 Å². The van der Waals surface area contributed by atoms with E-state index in [1.807, 2.05) is 0 Å². The van der Waals surface area contributed by atoms with Gasteiger partial charge in [0, 0.05) is 18.6 Å². The molecule has 0 aromatic heterocycles. The second-order valence-corrected chi connectivity index (χ2v) is 5.44. The highest BCUT2D eigenvalue weighted by Gasteiger charge is 2.16. The molecular weight excluding hydrogens is 160 g/mol. The Kier molecular flexibility index (Phi) is 4.93. The first-order valence-electron chi connectivity index (χ1n) is 5.30. The number of rotatable bonds is 5. The molecule has 0 aliphatic heterocycles. The Bertz CT molecular complexity index is 126. The summed E-state index contributed by atoms with van der Waals surface area (Å²) in [5.41, 5.74) is 0. The van der Waals surface area contributed by atoms with Crippen molar-refractivity contribution in [2.45, 2.75) is 39.8 Å². The Labute approximate surface area is 84.1 Å². The van der Waals surface area contributed by atoms with Gasteiger partial charge >= 0.3 is 0 Å². The first-order valence-corrected chi connectivity index (χ1v) is 5.30. The molecule has 0 aromatic carbocycles. The van der Waals surface area contributed by atoms with E-state index in [0.29, 0.717) is 12.1 Å². The minimum atomic E-state index is 0.659. The monoisotopic (exact) mass is 187 g/mol. The van der Waals surface area contributed by atoms with Crippen molar-refractivity contribution in [1.82, 2.24) is 4.90 Å². The molecule has 80 valence electrons. The second kappa shape index (κ2) is 4.97. The van der Waals surface area contributed by atoms with Gasteiger partial charge in [0.25, 0.3) is 0 Å². The molecule has 0 saturated carbocycles. The van der Waals surface area contributed by atoms with Crippen molar-refractivity contribution in [2.24, 2.45) is 0 Å². The van der Waals surface area contributed by atoms with E-state index in [0.717, 1.165) is 4.48 Å². The Morgan fingerprint density at radius 2 is 1.31 bits per heavy atom. The predicted octanol–water partition coefficient (Wildman–Crippen LogP) is 1.81. The fourth-order valence-corrected chi connectivity index (χ4v) is 1.53. The standard InChI is InChI=1S/C11H27N2/c1-10(2)12(11(3)4)8-9-13(5,6)7/h10-11H,8-9H2,1-7H3/q+1. The molecule has 0 N–H and O–H groups in total. The van der Waals surface area contributed by atoms with Gasteiger partial charge in [0.1, 0.15) is 0 Å². The number of hydrogen-bond donors (Lipinski definition) is 0. The quantitative estimate of drug-likeness (QED) is 0.593. The molecule has 13 heavy (non-hydrogen) atoms. The molecule has 2 heteroatoms. The Hall–Kier alpha value is -0.0800. The zero-order valence-electron chi connectivity index (χ0n) is 10.5. The summed E-state index contributed by atoms with van der Waals surface area (Å²) in [7, 11) is 6.75. The van der Waals surface area contributed by atoms with Crippen molar-refractivity contribution in [1.29, 1.82) is 0 Å². The minimum absolute atomic E-state index is 0.659. The molecule has 0 aliphatic rings. The van der Waals surface area contributed by atoms with Gasteiger partial charge in [-0.05, 0) is 27.7 Å². The van der Waals surface area contributed by atoms with Crippen molar-refractivity contribution in [2.75, 3.05) is 34.2 Å². The Balaban J connectivity index is 3.98. The highest BCUT2D eigenvalue weighted by Crippen LogP contribution is 2.05. The summed E-state index contributed by atoms with van der Waals surface area (Å²) in [6.07, 6.45) is 0.